The van der Waals surface area contributed by atoms with E-state index in [1.807, 2.05) is 0 Å². The van der Waals surface area contributed by atoms with Crippen molar-refractivity contribution < 1.29 is 28.6 Å². The molecular formula is C70H120O6. The van der Waals surface area contributed by atoms with E-state index < -0.39 is 6.10 Å². The van der Waals surface area contributed by atoms with Gasteiger partial charge in [-0.2, -0.15) is 0 Å². The third-order valence-corrected chi connectivity index (χ3v) is 13.8. The maximum Gasteiger partial charge on any atom is 0.306 e. The van der Waals surface area contributed by atoms with Crippen LogP contribution in [-0.4, -0.2) is 37.2 Å². The molecule has 6 heteroatoms. The van der Waals surface area contributed by atoms with Crippen molar-refractivity contribution in [2.24, 2.45) is 0 Å². The lowest BCUT2D eigenvalue weighted by Crippen LogP contribution is -2.30. The average molecular weight is 1060 g/mol. The molecule has 0 aliphatic carbocycles. The topological polar surface area (TPSA) is 78.9 Å². The average Bonchev–Trinajstić information content (AvgIpc) is 3.42. The van der Waals surface area contributed by atoms with Gasteiger partial charge in [0.2, 0.25) is 0 Å². The van der Waals surface area contributed by atoms with E-state index in [0.29, 0.717) is 19.3 Å². The van der Waals surface area contributed by atoms with E-state index in [-0.39, 0.29) is 31.1 Å². The Labute approximate surface area is 470 Å². The maximum atomic E-state index is 12.8. The van der Waals surface area contributed by atoms with E-state index in [0.717, 1.165) is 109 Å². The predicted molar refractivity (Wildman–Crippen MR) is 330 cm³/mol. The summed E-state index contributed by atoms with van der Waals surface area (Å²) >= 11 is 0. The summed E-state index contributed by atoms with van der Waals surface area (Å²) < 4.78 is 16.8. The quantitative estimate of drug-likeness (QED) is 0.0261. The minimum Gasteiger partial charge on any atom is -0.462 e. The first-order chi connectivity index (χ1) is 37.5. The molecule has 76 heavy (non-hydrogen) atoms. The van der Waals surface area contributed by atoms with Crippen molar-refractivity contribution in [1.82, 2.24) is 0 Å². The number of ether oxygens (including phenoxy) is 3. The van der Waals surface area contributed by atoms with Crippen molar-refractivity contribution >= 4 is 17.9 Å². The Morgan fingerprint density at radius 2 is 0.513 bits per heavy atom. The van der Waals surface area contributed by atoms with Gasteiger partial charge in [0.25, 0.3) is 0 Å². The minimum atomic E-state index is -0.791. The van der Waals surface area contributed by atoms with Gasteiger partial charge in [-0.1, -0.05) is 285 Å². The highest BCUT2D eigenvalue weighted by Crippen LogP contribution is 2.16. The molecule has 0 saturated heterocycles. The summed E-state index contributed by atoms with van der Waals surface area (Å²) in [4.78, 5) is 38.0. The summed E-state index contributed by atoms with van der Waals surface area (Å²) in [5.74, 6) is -0.924. The number of hydrogen-bond acceptors (Lipinski definition) is 6. The first kappa shape index (κ1) is 72.3. The lowest BCUT2D eigenvalue weighted by Gasteiger charge is -2.18. The Hall–Kier alpha value is -3.67. The van der Waals surface area contributed by atoms with E-state index in [1.165, 1.54) is 161 Å². The zero-order valence-electron chi connectivity index (χ0n) is 50.0. The molecule has 0 aliphatic heterocycles. The van der Waals surface area contributed by atoms with Gasteiger partial charge in [0.15, 0.2) is 6.10 Å². The second kappa shape index (κ2) is 63.9. The summed E-state index contributed by atoms with van der Waals surface area (Å²) in [5, 5.41) is 0. The van der Waals surface area contributed by atoms with Gasteiger partial charge >= 0.3 is 17.9 Å². The standard InChI is InChI=1S/C70H120O6/c1-4-7-10-13-16-18-20-22-24-26-28-29-30-31-32-33-34-35-36-37-38-39-40-41-43-44-46-48-50-52-54-57-60-63-69(72)75-66-67(65-74-68(71)62-59-56-15-12-9-6-3)76-70(73)64-61-58-55-53-51-49-47-45-42-27-25-23-21-19-17-14-11-8-5-2/h8,11,17,19-20,22-23,25-26,28,30-31,42,45,49,51,67H,4-7,9-10,12-16,18,21,24,27,29,32-41,43-44,46-48,50,52-66H2,1-3H3/b11-8-,19-17-,22-20-,25-23-,28-26-,31-30-,45-42-,51-49-. The highest BCUT2D eigenvalue weighted by molar-refractivity contribution is 5.71. The second-order valence-electron chi connectivity index (χ2n) is 21.3. The molecule has 1 unspecified atom stereocenters. The fourth-order valence-electron chi connectivity index (χ4n) is 9.01. The molecule has 0 rings (SSSR count). The SMILES string of the molecule is CC/C=C\C/C=C\C/C=C\C/C=C\C/C=C\CCCCCC(=O)OC(COC(=O)CCCCCCCC)COC(=O)CCCCCCCCCCCCCCCCCCCC/C=C\C/C=C\C/C=C\CCCCCCC. The van der Waals surface area contributed by atoms with Gasteiger partial charge in [-0.15, -0.1) is 0 Å². The molecule has 0 aromatic rings. The van der Waals surface area contributed by atoms with Crippen LogP contribution in [0.15, 0.2) is 97.2 Å². The number of esters is 3. The van der Waals surface area contributed by atoms with Crippen LogP contribution in [0.2, 0.25) is 0 Å². The molecule has 0 aliphatic rings. The molecule has 0 saturated carbocycles. The molecule has 0 amide bonds. The number of allylic oxidation sites excluding steroid dienone is 16. The third-order valence-electron chi connectivity index (χ3n) is 13.8. The normalized spacial score (nSPS) is 12.7. The summed E-state index contributed by atoms with van der Waals surface area (Å²) in [5.41, 5.74) is 0. The number of carbonyl (C=O) groups excluding carboxylic acids is 3. The van der Waals surface area contributed by atoms with E-state index in [2.05, 4.69) is 118 Å². The van der Waals surface area contributed by atoms with E-state index in [9.17, 15) is 14.4 Å². The Balaban J connectivity index is 4.04. The van der Waals surface area contributed by atoms with Gasteiger partial charge in [0.1, 0.15) is 13.2 Å². The van der Waals surface area contributed by atoms with Crippen molar-refractivity contribution in [2.75, 3.05) is 13.2 Å². The first-order valence-electron chi connectivity index (χ1n) is 32.2. The van der Waals surface area contributed by atoms with Gasteiger partial charge in [-0.3, -0.25) is 14.4 Å². The summed E-state index contributed by atoms with van der Waals surface area (Å²) in [7, 11) is 0. The largest absolute Gasteiger partial charge is 0.462 e. The van der Waals surface area contributed by atoms with Gasteiger partial charge in [-0.05, 0) is 103 Å². The molecule has 6 nitrogen and oxygen atoms in total. The van der Waals surface area contributed by atoms with Crippen molar-refractivity contribution in [3.05, 3.63) is 97.2 Å². The van der Waals surface area contributed by atoms with Gasteiger partial charge in [0.05, 0.1) is 0 Å². The molecule has 0 radical (unpaired) electrons. The second-order valence-corrected chi connectivity index (χ2v) is 21.3. The Kier molecular flexibility index (Phi) is 60.8. The lowest BCUT2D eigenvalue weighted by atomic mass is 10.0. The lowest BCUT2D eigenvalue weighted by molar-refractivity contribution is -0.167. The van der Waals surface area contributed by atoms with E-state index in [4.69, 9.17) is 14.2 Å². The molecule has 0 bridgehead atoms. The van der Waals surface area contributed by atoms with Gasteiger partial charge in [0, 0.05) is 19.3 Å². The van der Waals surface area contributed by atoms with Crippen LogP contribution in [0.1, 0.15) is 310 Å². The van der Waals surface area contributed by atoms with Crippen LogP contribution >= 0.6 is 0 Å². The molecule has 1 atom stereocenters. The molecule has 0 aromatic heterocycles. The molecule has 0 fully saturated rings. The highest BCUT2D eigenvalue weighted by Gasteiger charge is 2.19. The van der Waals surface area contributed by atoms with Crippen LogP contribution in [0, 0.1) is 0 Å². The summed E-state index contributed by atoms with van der Waals surface area (Å²) in [6.45, 7) is 6.44. The van der Waals surface area contributed by atoms with E-state index in [1.54, 1.807) is 0 Å². The molecule has 0 aromatic carbocycles. The Morgan fingerprint density at radius 3 is 0.816 bits per heavy atom. The number of rotatable bonds is 58. The smallest absolute Gasteiger partial charge is 0.306 e. The fourth-order valence-corrected chi connectivity index (χ4v) is 9.01. The number of unbranched alkanes of at least 4 members (excludes halogenated alkanes) is 31. The van der Waals surface area contributed by atoms with Gasteiger partial charge in [-0.25, -0.2) is 0 Å². The molecule has 0 N–H and O–H groups in total. The maximum absolute atomic E-state index is 12.8. The van der Waals surface area contributed by atoms with Crippen LogP contribution in [0.4, 0.5) is 0 Å². The van der Waals surface area contributed by atoms with Crippen molar-refractivity contribution in [1.29, 1.82) is 0 Å². The number of hydrogen-bond donors (Lipinski definition) is 0. The van der Waals surface area contributed by atoms with E-state index >= 15 is 0 Å². The number of carbonyl (C=O) groups is 3. The van der Waals surface area contributed by atoms with Crippen LogP contribution in [-0.2, 0) is 28.6 Å². The van der Waals surface area contributed by atoms with Crippen molar-refractivity contribution in [3.8, 4) is 0 Å². The van der Waals surface area contributed by atoms with Crippen LogP contribution in [0.5, 0.6) is 0 Å². The van der Waals surface area contributed by atoms with Crippen LogP contribution in [0.25, 0.3) is 0 Å². The Bertz CT molecular complexity index is 1490. The third kappa shape index (κ3) is 61.2. The van der Waals surface area contributed by atoms with Crippen LogP contribution in [0.3, 0.4) is 0 Å². The zero-order valence-corrected chi connectivity index (χ0v) is 50.0. The summed E-state index contributed by atoms with van der Waals surface area (Å²) in [6.07, 6.45) is 86.1. The monoisotopic (exact) mass is 1060 g/mol. The fraction of sp³-hybridized carbons (Fsp3) is 0.729. The van der Waals surface area contributed by atoms with Crippen molar-refractivity contribution in [2.45, 2.75) is 316 Å². The van der Waals surface area contributed by atoms with Crippen LogP contribution < -0.4 is 0 Å². The zero-order chi connectivity index (χ0) is 55.0. The summed E-state index contributed by atoms with van der Waals surface area (Å²) in [6, 6.07) is 0. The minimum absolute atomic E-state index is 0.0888. The highest BCUT2D eigenvalue weighted by atomic mass is 16.6. The molecule has 0 heterocycles. The first-order valence-corrected chi connectivity index (χ1v) is 32.2. The van der Waals surface area contributed by atoms with Crippen molar-refractivity contribution in [3.63, 3.8) is 0 Å². The molecule has 0 spiro atoms. The molecular weight excluding hydrogens is 937 g/mol. The Morgan fingerprint density at radius 1 is 0.276 bits per heavy atom. The van der Waals surface area contributed by atoms with Gasteiger partial charge < -0.3 is 14.2 Å². The predicted octanol–water partition coefficient (Wildman–Crippen LogP) is 22.0. The molecule has 436 valence electrons.